The number of hydrogen-bond acceptors (Lipinski definition) is 3. The Balaban J connectivity index is 4.34. The summed E-state index contributed by atoms with van der Waals surface area (Å²) in [4.78, 5) is 22.8. The molecule has 0 rings (SSSR count). The summed E-state index contributed by atoms with van der Waals surface area (Å²) in [5.41, 5.74) is -0.580. The van der Waals surface area contributed by atoms with Crippen molar-refractivity contribution in [2.75, 3.05) is 0 Å². The van der Waals surface area contributed by atoms with Crippen LogP contribution >= 0.6 is 22.9 Å². The molecule has 2 N–H and O–H groups in total. The van der Waals surface area contributed by atoms with E-state index in [1.54, 1.807) is 49.7 Å². The van der Waals surface area contributed by atoms with Crippen molar-refractivity contribution < 1.29 is 14.3 Å². The van der Waals surface area contributed by atoms with Crippen LogP contribution in [0.3, 0.4) is 0 Å². The Labute approximate surface area is 109 Å². The number of halogens is 1. The van der Waals surface area contributed by atoms with Crippen LogP contribution in [0.1, 0.15) is 27.2 Å². The highest BCUT2D eigenvalue weighted by Crippen LogP contribution is 2.07. The summed E-state index contributed by atoms with van der Waals surface area (Å²) in [5, 5.41) is 2.48. The van der Waals surface area contributed by atoms with Crippen LogP contribution in [0.25, 0.3) is 0 Å². The van der Waals surface area contributed by atoms with Gasteiger partial charge in [0, 0.05) is 0 Å². The monoisotopic (exact) mass is 340 g/mol. The topological polar surface area (TPSA) is 67.4 Å². The summed E-state index contributed by atoms with van der Waals surface area (Å²) < 4.78 is 7.47. The minimum absolute atomic E-state index is 0.286. The lowest BCUT2D eigenvalue weighted by Gasteiger charge is -2.22. The molecule has 0 spiro atoms. The second-order valence-corrected chi connectivity index (χ2v) is 4.72. The maximum Gasteiger partial charge on any atom is 0.408 e. The maximum absolute atomic E-state index is 11.4. The Kier molecular flexibility index (Phi) is 6.39. The van der Waals surface area contributed by atoms with Crippen LogP contribution in [0.15, 0.2) is 12.7 Å². The second kappa shape index (κ2) is 6.72. The minimum atomic E-state index is -0.649. The number of carbonyl (C=O) groups excluding carboxylic acids is 2. The highest BCUT2D eigenvalue weighted by molar-refractivity contribution is 14.1. The number of ether oxygens (including phenoxy) is 1. The molecule has 1 atom stereocenters. The zero-order valence-electron chi connectivity index (χ0n) is 9.67. The first-order chi connectivity index (χ1) is 7.30. The number of alkyl carbamates (subject to hydrolysis) is 1. The van der Waals surface area contributed by atoms with Crippen LogP contribution in [-0.2, 0) is 9.53 Å². The van der Waals surface area contributed by atoms with Crippen molar-refractivity contribution in [3.05, 3.63) is 12.7 Å². The molecule has 0 aliphatic heterocycles. The maximum atomic E-state index is 11.4. The van der Waals surface area contributed by atoms with E-state index in [0.717, 1.165) is 0 Å². The van der Waals surface area contributed by atoms with Crippen LogP contribution in [0.4, 0.5) is 4.79 Å². The summed E-state index contributed by atoms with van der Waals surface area (Å²) in [5.74, 6) is -0.286. The van der Waals surface area contributed by atoms with Gasteiger partial charge in [-0.2, -0.15) is 0 Å². The van der Waals surface area contributed by atoms with Crippen molar-refractivity contribution in [1.82, 2.24) is 8.85 Å². The molecule has 0 aliphatic rings. The van der Waals surface area contributed by atoms with Gasteiger partial charge in [0.25, 0.3) is 5.91 Å². The highest BCUT2D eigenvalue weighted by atomic mass is 127. The zero-order chi connectivity index (χ0) is 12.8. The van der Waals surface area contributed by atoms with Gasteiger partial charge in [-0.05, 0) is 27.2 Å². The molecule has 5 nitrogen and oxygen atoms in total. The van der Waals surface area contributed by atoms with Crippen molar-refractivity contribution in [2.45, 2.75) is 38.8 Å². The quantitative estimate of drug-likeness (QED) is 0.467. The lowest BCUT2D eigenvalue weighted by Crippen LogP contribution is -2.45. The average molecular weight is 340 g/mol. The molecule has 16 heavy (non-hydrogen) atoms. The predicted molar refractivity (Wildman–Crippen MR) is 70.1 cm³/mol. The highest BCUT2D eigenvalue weighted by Gasteiger charge is 2.22. The molecule has 0 saturated carbocycles. The number of amides is 2. The van der Waals surface area contributed by atoms with Crippen LogP contribution in [0.2, 0.25) is 0 Å². The Morgan fingerprint density at radius 2 is 2.06 bits per heavy atom. The molecule has 0 radical (unpaired) electrons. The van der Waals surface area contributed by atoms with Crippen LogP contribution in [-0.4, -0.2) is 23.6 Å². The molecule has 0 heterocycles. The Hall–Kier alpha value is -0.790. The lowest BCUT2D eigenvalue weighted by molar-refractivity contribution is -0.120. The lowest BCUT2D eigenvalue weighted by atomic mass is 10.2. The molecule has 92 valence electrons. The first-order valence-corrected chi connectivity index (χ1v) is 5.89. The molecule has 2 amide bonds. The number of nitrogens with one attached hydrogen (secondary N) is 2. The molecule has 1 unspecified atom stereocenters. The van der Waals surface area contributed by atoms with Crippen molar-refractivity contribution in [2.24, 2.45) is 0 Å². The third-order valence-corrected chi connectivity index (χ3v) is 2.03. The first-order valence-electron chi connectivity index (χ1n) is 4.81. The number of hydrogen-bond donors (Lipinski definition) is 2. The van der Waals surface area contributed by atoms with Crippen LogP contribution in [0.5, 0.6) is 0 Å². The molecule has 0 bridgehead atoms. The van der Waals surface area contributed by atoms with E-state index in [1.807, 2.05) is 0 Å². The summed E-state index contributed by atoms with van der Waals surface area (Å²) in [7, 11) is 0. The van der Waals surface area contributed by atoms with Crippen molar-refractivity contribution in [3.63, 3.8) is 0 Å². The van der Waals surface area contributed by atoms with E-state index in [4.69, 9.17) is 4.74 Å². The standard InChI is InChI=1S/C10H17IN2O3/c1-5-6-7(8(14)13-11)12-9(15)16-10(2,3)4/h5,7H,1,6H2,2-4H3,(H,12,15)(H,13,14). The van der Waals surface area contributed by atoms with E-state index in [2.05, 4.69) is 15.4 Å². The predicted octanol–water partition coefficient (Wildman–Crippen LogP) is 1.92. The summed E-state index contributed by atoms with van der Waals surface area (Å²) in [6.07, 6.45) is 1.31. The SMILES string of the molecule is C=CCC(NC(=O)OC(C)(C)C)C(=O)NI. The fraction of sp³-hybridized carbons (Fsp3) is 0.600. The Morgan fingerprint density at radius 3 is 2.44 bits per heavy atom. The molecule has 0 aromatic heterocycles. The van der Waals surface area contributed by atoms with Gasteiger partial charge in [0.05, 0.1) is 22.9 Å². The van der Waals surface area contributed by atoms with E-state index in [9.17, 15) is 9.59 Å². The van der Waals surface area contributed by atoms with Crippen molar-refractivity contribution in [1.29, 1.82) is 0 Å². The minimum Gasteiger partial charge on any atom is -0.444 e. The molecule has 0 saturated heterocycles. The smallest absolute Gasteiger partial charge is 0.408 e. The van der Waals surface area contributed by atoms with Gasteiger partial charge in [0.1, 0.15) is 11.6 Å². The van der Waals surface area contributed by atoms with E-state index >= 15 is 0 Å². The molecule has 6 heteroatoms. The van der Waals surface area contributed by atoms with Crippen LogP contribution < -0.4 is 8.85 Å². The summed E-state index contributed by atoms with van der Waals surface area (Å²) >= 11 is 1.72. The summed E-state index contributed by atoms with van der Waals surface area (Å²) in [6.45, 7) is 8.80. The molecule has 0 aliphatic carbocycles. The van der Waals surface area contributed by atoms with E-state index < -0.39 is 17.7 Å². The van der Waals surface area contributed by atoms with Crippen molar-refractivity contribution in [3.8, 4) is 0 Å². The molecular weight excluding hydrogens is 323 g/mol. The third-order valence-electron chi connectivity index (χ3n) is 1.50. The van der Waals surface area contributed by atoms with Gasteiger partial charge in [-0.15, -0.1) is 6.58 Å². The second-order valence-electron chi connectivity index (χ2n) is 4.18. The Morgan fingerprint density at radius 1 is 1.50 bits per heavy atom. The largest absolute Gasteiger partial charge is 0.444 e. The molecule has 0 fully saturated rings. The average Bonchev–Trinajstić information content (AvgIpc) is 2.13. The van der Waals surface area contributed by atoms with Gasteiger partial charge in [0.2, 0.25) is 0 Å². The fourth-order valence-electron chi connectivity index (χ4n) is 0.914. The van der Waals surface area contributed by atoms with Gasteiger partial charge in [-0.1, -0.05) is 6.08 Å². The first kappa shape index (κ1) is 15.2. The van der Waals surface area contributed by atoms with E-state index in [0.29, 0.717) is 6.42 Å². The van der Waals surface area contributed by atoms with Gasteiger partial charge in [-0.25, -0.2) is 4.79 Å². The van der Waals surface area contributed by atoms with Gasteiger partial charge in [-0.3, -0.25) is 8.32 Å². The molecule has 0 aromatic carbocycles. The van der Waals surface area contributed by atoms with E-state index in [1.165, 1.54) is 0 Å². The molecular formula is C10H17IN2O3. The van der Waals surface area contributed by atoms with Gasteiger partial charge < -0.3 is 10.1 Å². The van der Waals surface area contributed by atoms with Crippen LogP contribution in [0, 0.1) is 0 Å². The zero-order valence-corrected chi connectivity index (χ0v) is 11.8. The fourth-order valence-corrected chi connectivity index (χ4v) is 1.29. The van der Waals surface area contributed by atoms with Crippen molar-refractivity contribution >= 4 is 34.9 Å². The van der Waals surface area contributed by atoms with Gasteiger partial charge in [0.15, 0.2) is 0 Å². The van der Waals surface area contributed by atoms with E-state index in [-0.39, 0.29) is 5.91 Å². The number of rotatable bonds is 4. The van der Waals surface area contributed by atoms with Gasteiger partial charge >= 0.3 is 6.09 Å². The normalized spacial score (nSPS) is 12.5. The third kappa shape index (κ3) is 6.65. The Bertz CT molecular complexity index is 274. The summed E-state index contributed by atoms with van der Waals surface area (Å²) in [6, 6.07) is -0.649. The number of carbonyl (C=O) groups is 2. The molecule has 0 aromatic rings.